The van der Waals surface area contributed by atoms with Crippen LogP contribution in [0.2, 0.25) is 0 Å². The van der Waals surface area contributed by atoms with E-state index in [4.69, 9.17) is 18.9 Å². The minimum Gasteiger partial charge on any atom is -0.497 e. The Morgan fingerprint density at radius 1 is 0.809 bits per heavy atom. The second kappa shape index (κ2) is 12.5. The van der Waals surface area contributed by atoms with Crippen LogP contribution in [0.15, 0.2) is 97.1 Å². The lowest BCUT2D eigenvalue weighted by molar-refractivity contribution is 0.0600. The predicted octanol–water partition coefficient (Wildman–Crippen LogP) is 8.79. The van der Waals surface area contributed by atoms with Crippen molar-refractivity contribution in [1.82, 2.24) is 0 Å². The van der Waals surface area contributed by atoms with Gasteiger partial charge in [0, 0.05) is 46.4 Å². The third kappa shape index (κ3) is 5.26. The number of nitrogens with zero attached hydrogens (tertiary/aromatic N) is 1. The summed E-state index contributed by atoms with van der Waals surface area (Å²) in [5.74, 6) is 0.837. The molecule has 0 aromatic heterocycles. The highest BCUT2D eigenvalue weighted by molar-refractivity contribution is 6.14. The molecule has 7 heteroatoms. The van der Waals surface area contributed by atoms with Crippen LogP contribution in [-0.2, 0) is 10.3 Å². The van der Waals surface area contributed by atoms with Gasteiger partial charge in [0.2, 0.25) is 0 Å². The number of carbonyl (C=O) groups excluding carboxylic acids is 1. The van der Waals surface area contributed by atoms with Gasteiger partial charge >= 0.3 is 5.97 Å². The smallest absolute Gasteiger partial charge is 0.339 e. The standard InChI is InChI=1S/C40H36FNO5/c1-44-29-17-11-26(12-18-29)36-31-20-19-30(45-2)25-33(31)38-32(37(36)39(43)46-3)21-22-40(47-38,34-9-5-6-10-35(34)41)27-13-15-28(16-14-27)42-23-7-4-8-24-42/h5-6,9-22,25H,4,7-8,23-24H2,1-3H3. The Kier molecular flexibility index (Phi) is 8.06. The van der Waals surface area contributed by atoms with Crippen molar-refractivity contribution < 1.29 is 28.1 Å². The number of hydrogen-bond acceptors (Lipinski definition) is 6. The molecule has 1 atom stereocenters. The first-order valence-electron chi connectivity index (χ1n) is 15.9. The molecule has 1 unspecified atom stereocenters. The summed E-state index contributed by atoms with van der Waals surface area (Å²) in [6.45, 7) is 2.03. The van der Waals surface area contributed by atoms with Crippen LogP contribution in [0.5, 0.6) is 17.2 Å². The summed E-state index contributed by atoms with van der Waals surface area (Å²) in [6.07, 6.45) is 7.29. The van der Waals surface area contributed by atoms with Crippen molar-refractivity contribution in [3.8, 4) is 28.4 Å². The summed E-state index contributed by atoms with van der Waals surface area (Å²) >= 11 is 0. The Balaban J connectivity index is 1.49. The van der Waals surface area contributed by atoms with Gasteiger partial charge < -0.3 is 23.8 Å². The Morgan fingerprint density at radius 2 is 1.51 bits per heavy atom. The lowest BCUT2D eigenvalue weighted by Crippen LogP contribution is -2.36. The summed E-state index contributed by atoms with van der Waals surface area (Å²) in [4.78, 5) is 16.1. The van der Waals surface area contributed by atoms with Gasteiger partial charge in [0.05, 0.1) is 26.9 Å². The van der Waals surface area contributed by atoms with E-state index in [0.717, 1.165) is 35.3 Å². The molecule has 238 valence electrons. The van der Waals surface area contributed by atoms with E-state index < -0.39 is 17.4 Å². The number of halogens is 1. The van der Waals surface area contributed by atoms with E-state index in [2.05, 4.69) is 17.0 Å². The van der Waals surface area contributed by atoms with Crippen molar-refractivity contribution in [3.63, 3.8) is 0 Å². The van der Waals surface area contributed by atoms with Crippen LogP contribution in [0.4, 0.5) is 10.1 Å². The van der Waals surface area contributed by atoms with Crippen molar-refractivity contribution in [3.05, 3.63) is 125 Å². The highest BCUT2D eigenvalue weighted by atomic mass is 19.1. The fourth-order valence-electron chi connectivity index (χ4n) is 6.91. The Labute approximate surface area is 274 Å². The molecule has 2 heterocycles. The summed E-state index contributed by atoms with van der Waals surface area (Å²) in [6, 6.07) is 28.1. The number of fused-ring (bicyclic) bond motifs is 3. The van der Waals surface area contributed by atoms with Crippen molar-refractivity contribution in [2.75, 3.05) is 39.3 Å². The number of piperidine rings is 1. The molecule has 5 aromatic carbocycles. The number of esters is 1. The Bertz CT molecular complexity index is 1980. The lowest BCUT2D eigenvalue weighted by atomic mass is 9.81. The van der Waals surface area contributed by atoms with Crippen molar-refractivity contribution in [1.29, 1.82) is 0 Å². The number of benzene rings is 5. The van der Waals surface area contributed by atoms with Gasteiger partial charge in [-0.3, -0.25) is 0 Å². The van der Waals surface area contributed by atoms with Crippen LogP contribution < -0.4 is 19.1 Å². The molecule has 2 aliphatic heterocycles. The summed E-state index contributed by atoms with van der Waals surface area (Å²) in [5, 5.41) is 1.47. The quantitative estimate of drug-likeness (QED) is 0.168. The van der Waals surface area contributed by atoms with Gasteiger partial charge in [-0.1, -0.05) is 42.5 Å². The fraction of sp³-hybridized carbons (Fsp3) is 0.225. The first kappa shape index (κ1) is 30.4. The van der Waals surface area contributed by atoms with E-state index in [1.807, 2.05) is 72.8 Å². The maximum atomic E-state index is 15.9. The van der Waals surface area contributed by atoms with E-state index in [9.17, 15) is 4.79 Å². The van der Waals surface area contributed by atoms with Crippen LogP contribution in [0.25, 0.3) is 28.0 Å². The van der Waals surface area contributed by atoms with Gasteiger partial charge in [0.15, 0.2) is 5.60 Å². The van der Waals surface area contributed by atoms with E-state index in [0.29, 0.717) is 44.9 Å². The van der Waals surface area contributed by atoms with E-state index in [1.165, 1.54) is 32.4 Å². The number of ether oxygens (including phenoxy) is 4. The molecule has 5 aromatic rings. The maximum absolute atomic E-state index is 15.9. The van der Waals surface area contributed by atoms with E-state index in [1.54, 1.807) is 26.4 Å². The molecule has 1 saturated heterocycles. The average molecular weight is 630 g/mol. The molecule has 1 fully saturated rings. The molecule has 0 radical (unpaired) electrons. The summed E-state index contributed by atoms with van der Waals surface area (Å²) in [5.41, 5.74) is 3.31. The number of carbonyl (C=O) groups is 1. The number of methoxy groups -OCH3 is 3. The fourth-order valence-corrected chi connectivity index (χ4v) is 6.91. The van der Waals surface area contributed by atoms with Crippen molar-refractivity contribution >= 4 is 28.5 Å². The molecule has 0 amide bonds. The molecular formula is C40H36FNO5. The van der Waals surface area contributed by atoms with Gasteiger partial charge in [-0.05, 0) is 90.9 Å². The topological polar surface area (TPSA) is 57.2 Å². The molecule has 2 aliphatic rings. The lowest BCUT2D eigenvalue weighted by Gasteiger charge is -2.38. The first-order chi connectivity index (χ1) is 23.0. The predicted molar refractivity (Wildman–Crippen MR) is 183 cm³/mol. The number of anilines is 1. The number of hydrogen-bond donors (Lipinski definition) is 0. The van der Waals surface area contributed by atoms with E-state index >= 15 is 4.39 Å². The van der Waals surface area contributed by atoms with Gasteiger partial charge in [-0.15, -0.1) is 0 Å². The highest BCUT2D eigenvalue weighted by Crippen LogP contribution is 2.51. The molecule has 0 aliphatic carbocycles. The van der Waals surface area contributed by atoms with Crippen LogP contribution in [0, 0.1) is 5.82 Å². The summed E-state index contributed by atoms with van der Waals surface area (Å²) < 4.78 is 39.4. The average Bonchev–Trinajstić information content (AvgIpc) is 3.14. The largest absolute Gasteiger partial charge is 0.497 e. The normalized spacial score (nSPS) is 17.1. The molecule has 47 heavy (non-hydrogen) atoms. The van der Waals surface area contributed by atoms with Crippen molar-refractivity contribution in [2.45, 2.75) is 24.9 Å². The van der Waals surface area contributed by atoms with Gasteiger partial charge in [0.1, 0.15) is 23.1 Å². The first-order valence-corrected chi connectivity index (χ1v) is 15.9. The SMILES string of the molecule is COC(=O)c1c2c(c3cc(OC)ccc3c1-c1ccc(OC)cc1)OC(c1ccc(N3CCCCC3)cc1)(c1ccccc1F)C=C2. The Hall–Kier alpha value is -5.30. The molecule has 0 bridgehead atoms. The van der Waals surface area contributed by atoms with Crippen molar-refractivity contribution in [2.24, 2.45) is 0 Å². The molecule has 6 nitrogen and oxygen atoms in total. The zero-order valence-electron chi connectivity index (χ0n) is 26.7. The molecular weight excluding hydrogens is 593 g/mol. The molecule has 0 spiro atoms. The minimum absolute atomic E-state index is 0.351. The Morgan fingerprint density at radius 3 is 2.19 bits per heavy atom. The number of rotatable bonds is 7. The second-order valence-corrected chi connectivity index (χ2v) is 11.9. The molecule has 0 N–H and O–H groups in total. The zero-order valence-corrected chi connectivity index (χ0v) is 26.7. The minimum atomic E-state index is -1.33. The van der Waals surface area contributed by atoms with E-state index in [-0.39, 0.29) is 0 Å². The highest BCUT2D eigenvalue weighted by Gasteiger charge is 2.41. The second-order valence-electron chi connectivity index (χ2n) is 11.9. The monoisotopic (exact) mass is 629 g/mol. The third-order valence-electron chi connectivity index (χ3n) is 9.31. The molecule has 7 rings (SSSR count). The van der Waals surface area contributed by atoms with Crippen LogP contribution in [0.3, 0.4) is 0 Å². The van der Waals surface area contributed by atoms with Gasteiger partial charge in [0.25, 0.3) is 0 Å². The zero-order chi connectivity index (χ0) is 32.5. The van der Waals surface area contributed by atoms with Crippen LogP contribution >= 0.6 is 0 Å². The van der Waals surface area contributed by atoms with Crippen LogP contribution in [-0.4, -0.2) is 40.4 Å². The molecule has 0 saturated carbocycles. The third-order valence-corrected chi connectivity index (χ3v) is 9.31. The van der Waals surface area contributed by atoms with Gasteiger partial charge in [-0.25, -0.2) is 9.18 Å². The summed E-state index contributed by atoms with van der Waals surface area (Å²) in [7, 11) is 4.58. The maximum Gasteiger partial charge on any atom is 0.339 e. The van der Waals surface area contributed by atoms with Crippen LogP contribution in [0.1, 0.15) is 46.3 Å². The van der Waals surface area contributed by atoms with Gasteiger partial charge in [-0.2, -0.15) is 0 Å².